The Hall–Kier alpha value is -6.33. The van der Waals surface area contributed by atoms with Crippen molar-refractivity contribution in [3.8, 4) is 23.0 Å². The Kier molecular flexibility index (Phi) is 11.4. The number of rotatable bonds is 8. The Morgan fingerprint density at radius 1 is 0.508 bits per heavy atom. The summed E-state index contributed by atoms with van der Waals surface area (Å²) in [7, 11) is 0. The molecule has 5 heteroatoms. The number of hydrogen-bond acceptors (Lipinski definition) is 5. The van der Waals surface area contributed by atoms with E-state index in [1.165, 1.54) is 30.4 Å². The van der Waals surface area contributed by atoms with Crippen LogP contribution in [0.15, 0.2) is 169 Å². The molecule has 0 saturated heterocycles. The molecule has 2 aliphatic carbocycles. The number of fused-ring (bicyclic) bond motifs is 2. The fourth-order valence-electron chi connectivity index (χ4n) is 9.09. The van der Waals surface area contributed by atoms with Crippen LogP contribution in [0.5, 0.6) is 23.0 Å². The number of ether oxygens (including phenoxy) is 4. The van der Waals surface area contributed by atoms with Crippen LogP contribution in [0.4, 0.5) is 0 Å². The number of para-hydroxylation sites is 4. The predicted molar refractivity (Wildman–Crippen MR) is 234 cm³/mol. The maximum Gasteiger partial charge on any atom is 0.257 e. The van der Waals surface area contributed by atoms with E-state index in [1.807, 2.05) is 121 Å². The lowest BCUT2D eigenvalue weighted by Gasteiger charge is -2.53. The molecule has 2 aliphatic heterocycles. The highest BCUT2D eigenvalue weighted by molar-refractivity contribution is 6.14. The molecule has 0 amide bonds. The minimum absolute atomic E-state index is 0.0991. The van der Waals surface area contributed by atoms with Crippen molar-refractivity contribution in [2.24, 2.45) is 11.8 Å². The molecular formula is C54H50O5. The highest BCUT2D eigenvalue weighted by atomic mass is 16.7. The molecule has 0 aromatic heterocycles. The van der Waals surface area contributed by atoms with Crippen LogP contribution in [-0.2, 0) is 30.8 Å². The van der Waals surface area contributed by atoms with E-state index < -0.39 is 5.79 Å². The summed E-state index contributed by atoms with van der Waals surface area (Å²) in [5, 5.41) is 0. The van der Waals surface area contributed by atoms with Crippen LogP contribution in [0.2, 0.25) is 0 Å². The molecule has 0 unspecified atom stereocenters. The first-order valence-electron chi connectivity index (χ1n) is 21.1. The third-order valence-corrected chi connectivity index (χ3v) is 12.1. The number of benzene rings is 6. The summed E-state index contributed by atoms with van der Waals surface area (Å²) in [6, 6.07) is 52.9. The van der Waals surface area contributed by atoms with Gasteiger partial charge >= 0.3 is 0 Å². The normalized spacial score (nSPS) is 21.6. The lowest BCUT2D eigenvalue weighted by atomic mass is 9.68. The summed E-state index contributed by atoms with van der Waals surface area (Å²) in [5.41, 5.74) is 8.37. The molecule has 1 spiro atoms. The van der Waals surface area contributed by atoms with Gasteiger partial charge in [0.1, 0.15) is 36.2 Å². The lowest BCUT2D eigenvalue weighted by molar-refractivity contribution is -0.226. The third-order valence-electron chi connectivity index (χ3n) is 12.1. The SMILES string of the molecule is O=C1/C(=C/c2ccccc2OCc2ccccc2)CCC/C1=C\c1ccccc1OCc1ccccc1.c1ccc2c(c1)C[C@H]1CCC[C@@H]3Cc4ccccc4OC13O2. The van der Waals surface area contributed by atoms with Crippen molar-refractivity contribution in [1.82, 2.24) is 0 Å². The molecule has 2 fully saturated rings. The van der Waals surface area contributed by atoms with E-state index in [2.05, 4.69) is 48.5 Å². The largest absolute Gasteiger partial charge is 0.488 e. The van der Waals surface area contributed by atoms with Gasteiger partial charge in [0.05, 0.1) is 0 Å². The summed E-state index contributed by atoms with van der Waals surface area (Å²) in [4.78, 5) is 13.5. The van der Waals surface area contributed by atoms with Crippen molar-refractivity contribution in [1.29, 1.82) is 0 Å². The summed E-state index contributed by atoms with van der Waals surface area (Å²) in [6.45, 7) is 0.972. The molecule has 59 heavy (non-hydrogen) atoms. The van der Waals surface area contributed by atoms with E-state index in [0.29, 0.717) is 25.0 Å². The molecular weight excluding hydrogens is 729 g/mol. The second kappa shape index (κ2) is 17.7. The minimum Gasteiger partial charge on any atom is -0.488 e. The van der Waals surface area contributed by atoms with Crippen LogP contribution in [0, 0.1) is 11.8 Å². The summed E-state index contributed by atoms with van der Waals surface area (Å²) in [6.07, 6.45) is 12.3. The maximum atomic E-state index is 13.5. The van der Waals surface area contributed by atoms with E-state index >= 15 is 0 Å². The zero-order valence-corrected chi connectivity index (χ0v) is 33.4. The monoisotopic (exact) mass is 778 g/mol. The first kappa shape index (κ1) is 38.2. The van der Waals surface area contributed by atoms with Crippen LogP contribution in [-0.4, -0.2) is 11.6 Å². The van der Waals surface area contributed by atoms with Gasteiger partial charge in [-0.15, -0.1) is 0 Å². The number of carbonyl (C=O) groups is 1. The van der Waals surface area contributed by atoms with Crippen molar-refractivity contribution in [3.63, 3.8) is 0 Å². The highest BCUT2D eigenvalue weighted by Gasteiger charge is 2.56. The van der Waals surface area contributed by atoms with Gasteiger partial charge < -0.3 is 18.9 Å². The van der Waals surface area contributed by atoms with Crippen molar-refractivity contribution in [2.75, 3.05) is 0 Å². The van der Waals surface area contributed by atoms with Gasteiger partial charge in [0.15, 0.2) is 5.78 Å². The van der Waals surface area contributed by atoms with Gasteiger partial charge in [-0.2, -0.15) is 0 Å². The van der Waals surface area contributed by atoms with Gasteiger partial charge in [0.2, 0.25) is 0 Å². The zero-order chi connectivity index (χ0) is 39.9. The first-order chi connectivity index (χ1) is 29.1. The van der Waals surface area contributed by atoms with Crippen LogP contribution in [0.1, 0.15) is 71.9 Å². The molecule has 4 aliphatic rings. The predicted octanol–water partition coefficient (Wildman–Crippen LogP) is 12.4. The fourth-order valence-corrected chi connectivity index (χ4v) is 9.09. The van der Waals surface area contributed by atoms with Gasteiger partial charge in [-0.3, -0.25) is 4.79 Å². The lowest BCUT2D eigenvalue weighted by Crippen LogP contribution is -2.61. The minimum atomic E-state index is -0.443. The summed E-state index contributed by atoms with van der Waals surface area (Å²) in [5.74, 6) is 4.19. The zero-order valence-electron chi connectivity index (χ0n) is 33.4. The quantitative estimate of drug-likeness (QED) is 0.144. The molecule has 296 valence electrons. The average Bonchev–Trinajstić information content (AvgIpc) is 3.28. The van der Waals surface area contributed by atoms with Crippen molar-refractivity contribution in [2.45, 2.75) is 70.4 Å². The summed E-state index contributed by atoms with van der Waals surface area (Å²) < 4.78 is 25.4. The van der Waals surface area contributed by atoms with E-state index in [-0.39, 0.29) is 5.78 Å². The Bertz CT molecular complexity index is 2280. The number of Topliss-reactive ketones (excluding diaryl/α,β-unsaturated/α-hetero) is 1. The number of allylic oxidation sites excluding steroid dienone is 2. The van der Waals surface area contributed by atoms with Crippen molar-refractivity contribution >= 4 is 17.9 Å². The molecule has 2 atom stereocenters. The smallest absolute Gasteiger partial charge is 0.257 e. The average molecular weight is 779 g/mol. The van der Waals surface area contributed by atoms with E-state index in [0.717, 1.165) is 88.5 Å². The van der Waals surface area contributed by atoms with E-state index in [1.54, 1.807) is 0 Å². The van der Waals surface area contributed by atoms with Crippen molar-refractivity contribution in [3.05, 3.63) is 202 Å². The maximum absolute atomic E-state index is 13.5. The Morgan fingerprint density at radius 2 is 0.932 bits per heavy atom. The van der Waals surface area contributed by atoms with E-state index in [9.17, 15) is 4.79 Å². The van der Waals surface area contributed by atoms with Gasteiger partial charge in [0, 0.05) is 34.1 Å². The molecule has 10 rings (SSSR count). The number of ketones is 1. The second-order valence-corrected chi connectivity index (χ2v) is 16.0. The highest BCUT2D eigenvalue weighted by Crippen LogP contribution is 2.52. The molecule has 0 N–H and O–H groups in total. The molecule has 2 heterocycles. The van der Waals surface area contributed by atoms with Crippen LogP contribution in [0.25, 0.3) is 12.2 Å². The molecule has 2 saturated carbocycles. The van der Waals surface area contributed by atoms with Gasteiger partial charge in [-0.05, 0) is 104 Å². The number of carbonyl (C=O) groups excluding carboxylic acids is 1. The van der Waals surface area contributed by atoms with Crippen LogP contribution in [0.3, 0.4) is 0 Å². The topological polar surface area (TPSA) is 54.0 Å². The Morgan fingerprint density at radius 3 is 1.42 bits per heavy atom. The van der Waals surface area contributed by atoms with Gasteiger partial charge in [0.25, 0.3) is 5.79 Å². The number of hydrogen-bond donors (Lipinski definition) is 0. The molecule has 6 aromatic rings. The standard InChI is InChI=1S/C34H30O3.C20H20O2/c35-34-30(22-28-16-7-9-20-32(28)36-24-26-12-3-1-4-13-26)18-11-19-31(34)23-29-17-8-10-21-33(29)37-25-27-14-5-2-6-15-27;1-3-10-18-14(6-1)12-16-8-5-9-17-13-15-7-2-4-11-19(15)22-20(16,17)21-18/h1-10,12-17,20-23H,11,18-19,24-25H2;1-4,6-7,10-11,16-17H,5,8-9,12-13H2/b30-22+,31-23+;/t;16-,17-,20?/m.1/s1. The van der Waals surface area contributed by atoms with E-state index in [4.69, 9.17) is 18.9 Å². The van der Waals surface area contributed by atoms with Gasteiger partial charge in [-0.25, -0.2) is 0 Å². The van der Waals surface area contributed by atoms with Gasteiger partial charge in [-0.1, -0.05) is 140 Å². The molecule has 6 aromatic carbocycles. The van der Waals surface area contributed by atoms with Crippen LogP contribution >= 0.6 is 0 Å². The van der Waals surface area contributed by atoms with Crippen LogP contribution < -0.4 is 18.9 Å². The Balaban J connectivity index is 0.000000172. The first-order valence-corrected chi connectivity index (χ1v) is 21.1. The second-order valence-electron chi connectivity index (χ2n) is 16.0. The fraction of sp³-hybridized carbons (Fsp3) is 0.241. The molecule has 5 nitrogen and oxygen atoms in total. The Labute approximate surface area is 348 Å². The third kappa shape index (κ3) is 8.61. The molecule has 0 radical (unpaired) electrons. The van der Waals surface area contributed by atoms with Crippen molar-refractivity contribution < 1.29 is 23.7 Å². The molecule has 0 bridgehead atoms. The summed E-state index contributed by atoms with van der Waals surface area (Å²) >= 11 is 0.